The number of carbonyl (C=O) groups is 1. The van der Waals surface area contributed by atoms with Gasteiger partial charge in [-0.15, -0.1) is 0 Å². The first-order valence-electron chi connectivity index (χ1n) is 5.48. The summed E-state index contributed by atoms with van der Waals surface area (Å²) in [7, 11) is 1.94. The van der Waals surface area contributed by atoms with Crippen LogP contribution in [0.25, 0.3) is 0 Å². The molecule has 15 heavy (non-hydrogen) atoms. The minimum atomic E-state index is -1.22. The Labute approximate surface area is 91.2 Å². The molecule has 0 radical (unpaired) electrons. The van der Waals surface area contributed by atoms with Gasteiger partial charge in [-0.05, 0) is 32.7 Å². The predicted octanol–water partition coefficient (Wildman–Crippen LogP) is 0.295. The third kappa shape index (κ3) is 4.73. The van der Waals surface area contributed by atoms with Crippen molar-refractivity contribution < 1.29 is 14.6 Å². The van der Waals surface area contributed by atoms with Gasteiger partial charge in [0.15, 0.2) is 6.29 Å². The van der Waals surface area contributed by atoms with Crippen LogP contribution in [0.3, 0.4) is 0 Å². The lowest BCUT2D eigenvalue weighted by molar-refractivity contribution is -0.124. The van der Waals surface area contributed by atoms with Gasteiger partial charge in [0, 0.05) is 26.3 Å². The predicted molar refractivity (Wildman–Crippen MR) is 57.7 cm³/mol. The molecule has 0 bridgehead atoms. The van der Waals surface area contributed by atoms with Gasteiger partial charge in [0.05, 0.1) is 0 Å². The van der Waals surface area contributed by atoms with Crippen molar-refractivity contribution in [2.75, 3.05) is 33.4 Å². The Morgan fingerprint density at radius 2 is 2.13 bits per heavy atom. The Hall–Kier alpha value is -0.450. The van der Waals surface area contributed by atoms with Crippen LogP contribution in [-0.2, 0) is 9.53 Å². The number of aliphatic hydroxyl groups is 1. The number of hydrogen-bond acceptors (Lipinski definition) is 4. The summed E-state index contributed by atoms with van der Waals surface area (Å²) in [6.45, 7) is 4.53. The average Bonchev–Trinajstić information content (AvgIpc) is 2.18. The van der Waals surface area contributed by atoms with Crippen molar-refractivity contribution in [3.05, 3.63) is 0 Å². The molecule has 88 valence electrons. The van der Waals surface area contributed by atoms with Crippen molar-refractivity contribution >= 4 is 6.29 Å². The first kappa shape index (κ1) is 12.6. The molecule has 1 N–H and O–H groups in total. The topological polar surface area (TPSA) is 49.8 Å². The number of rotatable bonds is 5. The minimum absolute atomic E-state index is 0.397. The summed E-state index contributed by atoms with van der Waals surface area (Å²) in [4.78, 5) is 12.6. The van der Waals surface area contributed by atoms with Gasteiger partial charge in [-0.1, -0.05) is 0 Å². The van der Waals surface area contributed by atoms with Crippen LogP contribution in [0.1, 0.15) is 19.8 Å². The number of likely N-dealkylation sites (N-methyl/N-ethyl adjacent to an activating group) is 1. The van der Waals surface area contributed by atoms with E-state index in [0.29, 0.717) is 18.7 Å². The quantitative estimate of drug-likeness (QED) is 0.670. The van der Waals surface area contributed by atoms with Crippen LogP contribution < -0.4 is 0 Å². The lowest BCUT2D eigenvalue weighted by Crippen LogP contribution is -2.42. The van der Waals surface area contributed by atoms with E-state index in [4.69, 9.17) is 4.74 Å². The molecular weight excluding hydrogens is 194 g/mol. The highest BCUT2D eigenvalue weighted by molar-refractivity contribution is 5.61. The molecule has 1 saturated heterocycles. The molecule has 0 aromatic rings. The van der Waals surface area contributed by atoms with Crippen LogP contribution in [0.15, 0.2) is 0 Å². The average molecular weight is 215 g/mol. The largest absolute Gasteiger partial charge is 0.381 e. The zero-order chi connectivity index (χ0) is 11.3. The highest BCUT2D eigenvalue weighted by atomic mass is 16.5. The van der Waals surface area contributed by atoms with Crippen molar-refractivity contribution in [2.24, 2.45) is 5.92 Å². The zero-order valence-electron chi connectivity index (χ0n) is 9.61. The van der Waals surface area contributed by atoms with Gasteiger partial charge in [0.25, 0.3) is 0 Å². The SMILES string of the molecule is CN(CC1CCOCC1)CC(C)(O)C=O. The fourth-order valence-corrected chi connectivity index (χ4v) is 2.02. The van der Waals surface area contributed by atoms with Crippen molar-refractivity contribution in [1.82, 2.24) is 4.90 Å². The Morgan fingerprint density at radius 3 is 2.67 bits per heavy atom. The molecule has 0 spiro atoms. The van der Waals surface area contributed by atoms with Gasteiger partial charge in [0.1, 0.15) is 5.60 Å². The van der Waals surface area contributed by atoms with Gasteiger partial charge in [0.2, 0.25) is 0 Å². The second-order valence-corrected chi connectivity index (χ2v) is 4.73. The molecule has 1 unspecified atom stereocenters. The first-order chi connectivity index (χ1) is 7.03. The summed E-state index contributed by atoms with van der Waals surface area (Å²) in [6.07, 6.45) is 2.76. The third-order valence-electron chi connectivity index (χ3n) is 2.75. The van der Waals surface area contributed by atoms with Gasteiger partial charge in [-0.2, -0.15) is 0 Å². The summed E-state index contributed by atoms with van der Waals surface area (Å²) in [6, 6.07) is 0. The molecule has 0 saturated carbocycles. The maximum absolute atomic E-state index is 10.6. The maximum atomic E-state index is 10.6. The van der Waals surface area contributed by atoms with Gasteiger partial charge in [-0.3, -0.25) is 0 Å². The Morgan fingerprint density at radius 1 is 1.53 bits per heavy atom. The molecule has 1 atom stereocenters. The van der Waals surface area contributed by atoms with Crippen LogP contribution in [0.4, 0.5) is 0 Å². The Bertz CT molecular complexity index is 200. The van der Waals surface area contributed by atoms with Crippen LogP contribution in [0, 0.1) is 5.92 Å². The number of aldehydes is 1. The summed E-state index contributed by atoms with van der Waals surface area (Å²) < 4.78 is 5.28. The van der Waals surface area contributed by atoms with Crippen LogP contribution in [0.2, 0.25) is 0 Å². The van der Waals surface area contributed by atoms with Gasteiger partial charge in [-0.25, -0.2) is 0 Å². The van der Waals surface area contributed by atoms with Crippen molar-refractivity contribution in [2.45, 2.75) is 25.4 Å². The van der Waals surface area contributed by atoms with Crippen molar-refractivity contribution in [3.8, 4) is 0 Å². The lowest BCUT2D eigenvalue weighted by atomic mass is 9.99. The normalized spacial score (nSPS) is 22.7. The zero-order valence-corrected chi connectivity index (χ0v) is 9.61. The van der Waals surface area contributed by atoms with E-state index in [0.717, 1.165) is 32.6 Å². The Kier molecular flexibility index (Phi) is 4.70. The second kappa shape index (κ2) is 5.58. The van der Waals surface area contributed by atoms with Gasteiger partial charge < -0.3 is 19.5 Å². The van der Waals surface area contributed by atoms with E-state index in [9.17, 15) is 9.90 Å². The van der Waals surface area contributed by atoms with E-state index in [2.05, 4.69) is 0 Å². The molecule has 4 nitrogen and oxygen atoms in total. The smallest absolute Gasteiger partial charge is 0.152 e. The highest BCUT2D eigenvalue weighted by Crippen LogP contribution is 2.16. The first-order valence-corrected chi connectivity index (χ1v) is 5.48. The lowest BCUT2D eigenvalue weighted by Gasteiger charge is -2.30. The van der Waals surface area contributed by atoms with Crippen molar-refractivity contribution in [3.63, 3.8) is 0 Å². The monoisotopic (exact) mass is 215 g/mol. The number of carbonyl (C=O) groups excluding carboxylic acids is 1. The molecule has 1 aliphatic rings. The third-order valence-corrected chi connectivity index (χ3v) is 2.75. The molecule has 1 aliphatic heterocycles. The second-order valence-electron chi connectivity index (χ2n) is 4.73. The fraction of sp³-hybridized carbons (Fsp3) is 0.909. The molecule has 0 aromatic carbocycles. The highest BCUT2D eigenvalue weighted by Gasteiger charge is 2.23. The Balaban J connectivity index is 2.28. The van der Waals surface area contributed by atoms with E-state index in [1.165, 1.54) is 0 Å². The molecule has 0 aliphatic carbocycles. The van der Waals surface area contributed by atoms with E-state index in [-0.39, 0.29) is 0 Å². The summed E-state index contributed by atoms with van der Waals surface area (Å²) >= 11 is 0. The van der Waals surface area contributed by atoms with Crippen LogP contribution in [-0.4, -0.2) is 55.2 Å². The van der Waals surface area contributed by atoms with Crippen LogP contribution >= 0.6 is 0 Å². The molecule has 1 fully saturated rings. The molecule has 1 rings (SSSR count). The molecule has 4 heteroatoms. The number of hydrogen-bond donors (Lipinski definition) is 1. The number of ether oxygens (including phenoxy) is 1. The molecule has 1 heterocycles. The fourth-order valence-electron chi connectivity index (χ4n) is 2.02. The minimum Gasteiger partial charge on any atom is -0.381 e. The van der Waals surface area contributed by atoms with E-state index in [1.807, 2.05) is 11.9 Å². The summed E-state index contributed by atoms with van der Waals surface area (Å²) in [5, 5.41) is 9.59. The summed E-state index contributed by atoms with van der Waals surface area (Å²) in [5.41, 5.74) is -1.22. The van der Waals surface area contributed by atoms with E-state index < -0.39 is 5.60 Å². The standard InChI is InChI=1S/C11H21NO3/c1-11(14,9-13)8-12(2)7-10-3-5-15-6-4-10/h9-10,14H,3-8H2,1-2H3. The molecular formula is C11H21NO3. The maximum Gasteiger partial charge on any atom is 0.152 e. The number of nitrogens with zero attached hydrogens (tertiary/aromatic N) is 1. The van der Waals surface area contributed by atoms with E-state index in [1.54, 1.807) is 6.92 Å². The molecule has 0 amide bonds. The molecule has 0 aromatic heterocycles. The van der Waals surface area contributed by atoms with Crippen LogP contribution in [0.5, 0.6) is 0 Å². The van der Waals surface area contributed by atoms with Crippen molar-refractivity contribution in [1.29, 1.82) is 0 Å². The van der Waals surface area contributed by atoms with E-state index >= 15 is 0 Å². The van der Waals surface area contributed by atoms with Gasteiger partial charge >= 0.3 is 0 Å². The summed E-state index contributed by atoms with van der Waals surface area (Å²) in [5.74, 6) is 0.631.